The number of amidine groups is 1. The number of anilines is 1. The number of aromatic nitrogens is 1. The van der Waals surface area contributed by atoms with Crippen LogP contribution in [0.15, 0.2) is 41.3 Å². The van der Waals surface area contributed by atoms with Crippen LogP contribution in [-0.4, -0.2) is 45.3 Å². The second-order valence-electron chi connectivity index (χ2n) is 8.28. The van der Waals surface area contributed by atoms with Crippen LogP contribution in [0.3, 0.4) is 0 Å². The van der Waals surface area contributed by atoms with E-state index in [1.807, 2.05) is 35.2 Å². The Kier molecular flexibility index (Phi) is 4.70. The molecule has 2 aromatic rings. The van der Waals surface area contributed by atoms with Crippen LogP contribution in [0.1, 0.15) is 60.9 Å². The Morgan fingerprint density at radius 1 is 1.00 bits per heavy atom. The van der Waals surface area contributed by atoms with E-state index in [0.29, 0.717) is 6.04 Å². The van der Waals surface area contributed by atoms with Gasteiger partial charge in [0.05, 0.1) is 0 Å². The van der Waals surface area contributed by atoms with E-state index in [2.05, 4.69) is 14.9 Å². The van der Waals surface area contributed by atoms with Crippen molar-refractivity contribution < 1.29 is 9.37 Å². The lowest BCUT2D eigenvalue weighted by molar-refractivity contribution is -0.500. The third-order valence-electron chi connectivity index (χ3n) is 6.40. The topological polar surface area (TPSA) is 68.2 Å². The molecule has 5 rings (SSSR count). The van der Waals surface area contributed by atoms with Gasteiger partial charge in [0.15, 0.2) is 5.56 Å². The number of rotatable bonds is 3. The van der Waals surface area contributed by atoms with Crippen molar-refractivity contribution >= 4 is 23.1 Å². The fourth-order valence-corrected chi connectivity index (χ4v) is 4.86. The van der Waals surface area contributed by atoms with Gasteiger partial charge >= 0.3 is 0 Å². The summed E-state index contributed by atoms with van der Waals surface area (Å²) in [5, 5.41) is 3.46. The maximum Gasteiger partial charge on any atom is 0.297 e. The molecule has 0 unspecified atom stereocenters. The zero-order chi connectivity index (χ0) is 19.8. The highest BCUT2D eigenvalue weighted by molar-refractivity contribution is 6.12. The van der Waals surface area contributed by atoms with Gasteiger partial charge in [0.25, 0.3) is 17.3 Å². The second kappa shape index (κ2) is 7.50. The molecule has 1 aromatic carbocycles. The average molecular weight is 391 g/mol. The molecule has 1 saturated carbocycles. The van der Waals surface area contributed by atoms with Crippen molar-refractivity contribution in [3.8, 4) is 0 Å². The van der Waals surface area contributed by atoms with E-state index in [4.69, 9.17) is 0 Å². The van der Waals surface area contributed by atoms with Gasteiger partial charge < -0.3 is 9.88 Å². The summed E-state index contributed by atoms with van der Waals surface area (Å²) in [6.07, 6.45) is 9.99. The van der Waals surface area contributed by atoms with Crippen LogP contribution in [0.25, 0.3) is 0 Å². The highest BCUT2D eigenvalue weighted by atomic mass is 16.2. The Hall–Kier alpha value is -2.89. The van der Waals surface area contributed by atoms with Crippen LogP contribution >= 0.6 is 0 Å². The number of pyridine rings is 1. The van der Waals surface area contributed by atoms with Crippen LogP contribution < -0.4 is 10.9 Å². The summed E-state index contributed by atoms with van der Waals surface area (Å²) in [6, 6.07) is 10.1. The summed E-state index contributed by atoms with van der Waals surface area (Å²) in [5.74, 6) is 0.989. The second-order valence-corrected chi connectivity index (χ2v) is 8.28. The Morgan fingerprint density at radius 2 is 1.72 bits per heavy atom. The Bertz CT molecular complexity index is 1010. The number of H-pyrrole nitrogens is 1. The molecule has 2 aliphatic heterocycles. The molecular weight excluding hydrogens is 364 g/mol. The predicted molar refractivity (Wildman–Crippen MR) is 113 cm³/mol. The number of nitrogens with zero attached hydrogens (tertiary/aromatic N) is 2. The van der Waals surface area contributed by atoms with Crippen molar-refractivity contribution in [1.82, 2.24) is 9.88 Å². The molecule has 29 heavy (non-hydrogen) atoms. The average Bonchev–Trinajstić information content (AvgIpc) is 3.28. The fourth-order valence-electron chi connectivity index (χ4n) is 4.86. The molecule has 6 heteroatoms. The minimum Gasteiger partial charge on any atom is -0.339 e. The number of carbonyl (C=O) groups is 1. The number of aromatic amines is 1. The van der Waals surface area contributed by atoms with Crippen LogP contribution in [0, 0.1) is 0 Å². The largest absolute Gasteiger partial charge is 0.339 e. The van der Waals surface area contributed by atoms with Crippen molar-refractivity contribution in [1.29, 1.82) is 0 Å². The van der Waals surface area contributed by atoms with E-state index >= 15 is 0 Å². The van der Waals surface area contributed by atoms with E-state index in [0.717, 1.165) is 67.1 Å². The molecule has 2 N–H and O–H groups in total. The van der Waals surface area contributed by atoms with Gasteiger partial charge in [-0.2, -0.15) is 0 Å². The summed E-state index contributed by atoms with van der Waals surface area (Å²) < 4.78 is 2.30. The smallest absolute Gasteiger partial charge is 0.297 e. The molecule has 3 heterocycles. The highest BCUT2D eigenvalue weighted by Crippen LogP contribution is 2.33. The quantitative estimate of drug-likeness (QED) is 0.788. The predicted octanol–water partition coefficient (Wildman–Crippen LogP) is 3.46. The molecule has 6 nitrogen and oxygen atoms in total. The number of amides is 1. The molecule has 150 valence electrons. The zero-order valence-electron chi connectivity index (χ0n) is 16.6. The number of hydrogen-bond acceptors (Lipinski definition) is 3. The van der Waals surface area contributed by atoms with Crippen LogP contribution in [0.4, 0.5) is 11.4 Å². The molecule has 1 amide bonds. The highest BCUT2D eigenvalue weighted by Gasteiger charge is 2.40. The molecular formula is C23H27N4O2+. The van der Waals surface area contributed by atoms with Crippen molar-refractivity contribution in [2.24, 2.45) is 0 Å². The van der Waals surface area contributed by atoms with E-state index in [-0.39, 0.29) is 11.5 Å². The number of likely N-dealkylation sites (tertiary alicyclic amines) is 1. The zero-order valence-corrected chi connectivity index (χ0v) is 16.6. The first-order valence-electron chi connectivity index (χ1n) is 10.8. The number of hydrogen-bond donors (Lipinski definition) is 2. The summed E-state index contributed by atoms with van der Waals surface area (Å²) >= 11 is 0. The maximum atomic E-state index is 12.6. The lowest BCUT2D eigenvalue weighted by Crippen LogP contribution is -2.45. The minimum absolute atomic E-state index is 0.0575. The molecule has 1 aromatic heterocycles. The minimum atomic E-state index is -0.0575. The Morgan fingerprint density at radius 3 is 2.45 bits per heavy atom. The summed E-state index contributed by atoms with van der Waals surface area (Å²) in [7, 11) is 0. The lowest BCUT2D eigenvalue weighted by Gasteiger charge is -2.30. The first-order chi connectivity index (χ1) is 14.2. The number of carbonyl (C=O) groups excluding carboxylic acids is 1. The van der Waals surface area contributed by atoms with Crippen molar-refractivity contribution in [3.63, 3.8) is 0 Å². The third kappa shape index (κ3) is 3.26. The lowest BCUT2D eigenvalue weighted by atomic mass is 9.92. The van der Waals surface area contributed by atoms with Crippen LogP contribution in [0.2, 0.25) is 0 Å². The molecule has 1 saturated heterocycles. The van der Waals surface area contributed by atoms with E-state index in [1.165, 1.54) is 19.3 Å². The van der Waals surface area contributed by atoms with Gasteiger partial charge in [0.1, 0.15) is 17.4 Å². The standard InChI is InChI=1S/C23H26N4O2/c28-22-20-19(12-13-24-22)27(18-6-2-1-3-7-18)21(20)25-17-10-8-16(9-11-17)23(29)26-14-4-5-15-26/h8-13,18H,1-7,14-15H2,(H,24,25,28,29)/p+1. The van der Waals surface area contributed by atoms with Gasteiger partial charge in [-0.1, -0.05) is 6.42 Å². The van der Waals surface area contributed by atoms with Gasteiger partial charge in [-0.15, -0.1) is 0 Å². The van der Waals surface area contributed by atoms with Gasteiger partial charge in [0, 0.05) is 30.9 Å². The van der Waals surface area contributed by atoms with Crippen LogP contribution in [0.5, 0.6) is 0 Å². The fraction of sp³-hybridized carbons (Fsp3) is 0.435. The first-order valence-corrected chi connectivity index (χ1v) is 10.8. The Labute approximate surface area is 170 Å². The summed E-state index contributed by atoms with van der Waals surface area (Å²) in [4.78, 5) is 29.7. The molecule has 0 spiro atoms. The molecule has 2 fully saturated rings. The molecule has 0 atom stereocenters. The summed E-state index contributed by atoms with van der Waals surface area (Å²) in [5.41, 5.74) is 3.31. The number of nitrogens with one attached hydrogen (secondary N) is 2. The summed E-state index contributed by atoms with van der Waals surface area (Å²) in [6.45, 7) is 1.71. The van der Waals surface area contributed by atoms with Gasteiger partial charge in [-0.25, -0.2) is 9.89 Å². The van der Waals surface area contributed by atoms with Crippen LogP contribution in [-0.2, 0) is 0 Å². The molecule has 0 bridgehead atoms. The van der Waals surface area contributed by atoms with Crippen molar-refractivity contribution in [3.05, 3.63) is 58.0 Å². The van der Waals surface area contributed by atoms with Crippen molar-refractivity contribution in [2.75, 3.05) is 18.4 Å². The van der Waals surface area contributed by atoms with Gasteiger partial charge in [-0.3, -0.25) is 9.59 Å². The monoisotopic (exact) mass is 391 g/mol. The molecule has 3 aliphatic rings. The maximum absolute atomic E-state index is 12.6. The number of benzene rings is 1. The van der Waals surface area contributed by atoms with E-state index < -0.39 is 0 Å². The molecule has 0 radical (unpaired) electrons. The van der Waals surface area contributed by atoms with E-state index in [1.54, 1.807) is 6.20 Å². The van der Waals surface area contributed by atoms with Gasteiger partial charge in [-0.05, 0) is 62.8 Å². The van der Waals surface area contributed by atoms with Gasteiger partial charge in [0.2, 0.25) is 0 Å². The first kappa shape index (κ1) is 18.2. The molecule has 1 aliphatic carbocycles. The third-order valence-corrected chi connectivity index (χ3v) is 6.40. The van der Waals surface area contributed by atoms with Crippen molar-refractivity contribution in [2.45, 2.75) is 51.0 Å². The van der Waals surface area contributed by atoms with E-state index in [9.17, 15) is 9.59 Å². The number of fused-ring (bicyclic) bond motifs is 1. The SMILES string of the molecule is O=C(c1ccc(NC2=[N+](C3CCCCC3)c3cc[nH]c(=O)c32)cc1)N1CCCC1. The normalized spacial score (nSPS) is 19.1. The Balaban J connectivity index is 1.40.